The number of aliphatic hydroxyl groups is 1. The van der Waals surface area contributed by atoms with Gasteiger partial charge in [0.15, 0.2) is 0 Å². The predicted octanol–water partition coefficient (Wildman–Crippen LogP) is 2.53. The number of anilines is 2. The summed E-state index contributed by atoms with van der Waals surface area (Å²) in [7, 11) is 0. The standard InChI is InChI=1S/C12H20ClN3O/c1-3-12(4-2,8-17)7-16-11-10(14)5-9(13)6-15-11/h5-6,17H,3-4,7-8,14H2,1-2H3,(H,15,16). The lowest BCUT2D eigenvalue weighted by Gasteiger charge is -2.29. The van der Waals surface area contributed by atoms with Gasteiger partial charge in [0, 0.05) is 18.2 Å². The van der Waals surface area contributed by atoms with Gasteiger partial charge in [-0.05, 0) is 18.9 Å². The largest absolute Gasteiger partial charge is 0.396 e. The third kappa shape index (κ3) is 3.48. The molecule has 0 aliphatic heterocycles. The number of rotatable bonds is 6. The van der Waals surface area contributed by atoms with E-state index < -0.39 is 0 Å². The van der Waals surface area contributed by atoms with Crippen LogP contribution in [-0.4, -0.2) is 23.2 Å². The number of hydrogen-bond acceptors (Lipinski definition) is 4. The second-order valence-electron chi connectivity index (χ2n) is 4.31. The number of nitrogens with two attached hydrogens (primary N) is 1. The average Bonchev–Trinajstić information content (AvgIpc) is 2.33. The molecule has 96 valence electrons. The molecule has 4 nitrogen and oxygen atoms in total. The maximum atomic E-state index is 9.46. The van der Waals surface area contributed by atoms with E-state index >= 15 is 0 Å². The van der Waals surface area contributed by atoms with Crippen molar-refractivity contribution in [1.82, 2.24) is 4.98 Å². The first kappa shape index (κ1) is 14.1. The number of aliphatic hydroxyl groups excluding tert-OH is 1. The average molecular weight is 258 g/mol. The van der Waals surface area contributed by atoms with Crippen molar-refractivity contribution in [2.45, 2.75) is 26.7 Å². The number of pyridine rings is 1. The van der Waals surface area contributed by atoms with Crippen LogP contribution in [0.15, 0.2) is 12.3 Å². The molecule has 0 bridgehead atoms. The molecule has 1 aromatic heterocycles. The van der Waals surface area contributed by atoms with Gasteiger partial charge in [0.05, 0.1) is 17.3 Å². The van der Waals surface area contributed by atoms with Crippen molar-refractivity contribution in [2.75, 3.05) is 24.2 Å². The molecule has 0 aliphatic rings. The summed E-state index contributed by atoms with van der Waals surface area (Å²) in [4.78, 5) is 4.13. The number of nitrogens with zero attached hydrogens (tertiary/aromatic N) is 1. The van der Waals surface area contributed by atoms with Crippen LogP contribution in [0.1, 0.15) is 26.7 Å². The molecule has 0 radical (unpaired) electrons. The van der Waals surface area contributed by atoms with Crippen LogP contribution in [0.4, 0.5) is 11.5 Å². The molecule has 4 N–H and O–H groups in total. The van der Waals surface area contributed by atoms with Crippen molar-refractivity contribution in [1.29, 1.82) is 0 Å². The third-order valence-electron chi connectivity index (χ3n) is 3.35. The molecular formula is C12H20ClN3O. The Labute approximate surface area is 107 Å². The van der Waals surface area contributed by atoms with Gasteiger partial charge in [0.1, 0.15) is 5.82 Å². The highest BCUT2D eigenvalue weighted by Crippen LogP contribution is 2.27. The Balaban J connectivity index is 2.72. The molecule has 0 saturated heterocycles. The topological polar surface area (TPSA) is 71.2 Å². The molecule has 0 aromatic carbocycles. The molecule has 17 heavy (non-hydrogen) atoms. The summed E-state index contributed by atoms with van der Waals surface area (Å²) in [6, 6.07) is 1.66. The lowest BCUT2D eigenvalue weighted by atomic mass is 9.83. The van der Waals surface area contributed by atoms with Gasteiger partial charge in [-0.2, -0.15) is 0 Å². The summed E-state index contributed by atoms with van der Waals surface area (Å²) in [5, 5.41) is 13.2. The van der Waals surface area contributed by atoms with Crippen LogP contribution in [0.5, 0.6) is 0 Å². The first-order valence-electron chi connectivity index (χ1n) is 5.82. The Morgan fingerprint density at radius 2 is 2.12 bits per heavy atom. The van der Waals surface area contributed by atoms with Crippen molar-refractivity contribution in [3.05, 3.63) is 17.3 Å². The summed E-state index contributed by atoms with van der Waals surface area (Å²) >= 11 is 5.78. The maximum absolute atomic E-state index is 9.46. The van der Waals surface area contributed by atoms with E-state index in [4.69, 9.17) is 17.3 Å². The maximum Gasteiger partial charge on any atom is 0.149 e. The van der Waals surface area contributed by atoms with E-state index in [2.05, 4.69) is 24.1 Å². The molecule has 0 atom stereocenters. The first-order chi connectivity index (χ1) is 8.06. The van der Waals surface area contributed by atoms with Crippen molar-refractivity contribution in [3.63, 3.8) is 0 Å². The fourth-order valence-corrected chi connectivity index (χ4v) is 1.82. The van der Waals surface area contributed by atoms with Crippen LogP contribution in [0.2, 0.25) is 5.02 Å². The molecule has 5 heteroatoms. The summed E-state index contributed by atoms with van der Waals surface area (Å²) in [6.45, 7) is 4.94. The fourth-order valence-electron chi connectivity index (χ4n) is 1.65. The van der Waals surface area contributed by atoms with Crippen molar-refractivity contribution < 1.29 is 5.11 Å². The van der Waals surface area contributed by atoms with Gasteiger partial charge in [0.25, 0.3) is 0 Å². The third-order valence-corrected chi connectivity index (χ3v) is 3.56. The number of aromatic nitrogens is 1. The van der Waals surface area contributed by atoms with E-state index in [1.54, 1.807) is 12.3 Å². The Hall–Kier alpha value is -1.00. The molecule has 0 fully saturated rings. The minimum Gasteiger partial charge on any atom is -0.396 e. The second-order valence-corrected chi connectivity index (χ2v) is 4.75. The number of hydrogen-bond donors (Lipinski definition) is 3. The quantitative estimate of drug-likeness (QED) is 0.732. The molecule has 0 aliphatic carbocycles. The van der Waals surface area contributed by atoms with E-state index in [0.29, 0.717) is 23.1 Å². The van der Waals surface area contributed by atoms with Gasteiger partial charge < -0.3 is 16.2 Å². The minimum atomic E-state index is -0.117. The minimum absolute atomic E-state index is 0.117. The van der Waals surface area contributed by atoms with Crippen LogP contribution in [0, 0.1) is 5.41 Å². The van der Waals surface area contributed by atoms with Crippen LogP contribution >= 0.6 is 11.6 Å². The van der Waals surface area contributed by atoms with Gasteiger partial charge in [-0.3, -0.25) is 0 Å². The molecule has 0 amide bonds. The Kier molecular flexibility index (Phi) is 5.02. The van der Waals surface area contributed by atoms with E-state index in [-0.39, 0.29) is 12.0 Å². The van der Waals surface area contributed by atoms with E-state index in [1.165, 1.54) is 0 Å². The van der Waals surface area contributed by atoms with Crippen LogP contribution in [-0.2, 0) is 0 Å². The zero-order chi connectivity index (χ0) is 12.9. The van der Waals surface area contributed by atoms with Gasteiger partial charge >= 0.3 is 0 Å². The van der Waals surface area contributed by atoms with E-state index in [0.717, 1.165) is 12.8 Å². The lowest BCUT2D eigenvalue weighted by Crippen LogP contribution is -2.32. The van der Waals surface area contributed by atoms with Gasteiger partial charge in [-0.1, -0.05) is 25.4 Å². The fraction of sp³-hybridized carbons (Fsp3) is 0.583. The molecule has 0 spiro atoms. The molecule has 1 heterocycles. The normalized spacial score (nSPS) is 11.5. The summed E-state index contributed by atoms with van der Waals surface area (Å²) in [6.07, 6.45) is 3.36. The van der Waals surface area contributed by atoms with Crippen molar-refractivity contribution in [3.8, 4) is 0 Å². The Bertz CT molecular complexity index is 359. The van der Waals surface area contributed by atoms with Gasteiger partial charge in [0.2, 0.25) is 0 Å². The Morgan fingerprint density at radius 3 is 2.59 bits per heavy atom. The molecule has 1 aromatic rings. The summed E-state index contributed by atoms with van der Waals surface area (Å²) < 4.78 is 0. The second kappa shape index (κ2) is 6.07. The zero-order valence-corrected chi connectivity index (χ0v) is 11.1. The van der Waals surface area contributed by atoms with Crippen LogP contribution < -0.4 is 11.1 Å². The highest BCUT2D eigenvalue weighted by atomic mass is 35.5. The monoisotopic (exact) mass is 257 g/mol. The summed E-state index contributed by atoms with van der Waals surface area (Å²) in [5.41, 5.74) is 6.21. The molecule has 0 unspecified atom stereocenters. The number of halogens is 1. The SMILES string of the molecule is CCC(CC)(CO)CNc1ncc(Cl)cc1N. The van der Waals surface area contributed by atoms with Crippen molar-refractivity contribution >= 4 is 23.1 Å². The molecular weight excluding hydrogens is 238 g/mol. The highest BCUT2D eigenvalue weighted by molar-refractivity contribution is 6.30. The lowest BCUT2D eigenvalue weighted by molar-refractivity contribution is 0.127. The van der Waals surface area contributed by atoms with Crippen molar-refractivity contribution in [2.24, 2.45) is 5.41 Å². The van der Waals surface area contributed by atoms with Crippen LogP contribution in [0.25, 0.3) is 0 Å². The molecule has 1 rings (SSSR count). The first-order valence-corrected chi connectivity index (χ1v) is 6.20. The highest BCUT2D eigenvalue weighted by Gasteiger charge is 2.25. The zero-order valence-electron chi connectivity index (χ0n) is 10.3. The Morgan fingerprint density at radius 1 is 1.47 bits per heavy atom. The van der Waals surface area contributed by atoms with E-state index in [1.807, 2.05) is 0 Å². The number of nitrogens with one attached hydrogen (secondary N) is 1. The van der Waals surface area contributed by atoms with E-state index in [9.17, 15) is 5.11 Å². The van der Waals surface area contributed by atoms with Crippen LogP contribution in [0.3, 0.4) is 0 Å². The number of nitrogen functional groups attached to an aromatic ring is 1. The summed E-state index contributed by atoms with van der Waals surface area (Å²) in [5.74, 6) is 0.620. The smallest absolute Gasteiger partial charge is 0.149 e. The molecule has 0 saturated carbocycles. The van der Waals surface area contributed by atoms with Gasteiger partial charge in [-0.25, -0.2) is 4.98 Å². The van der Waals surface area contributed by atoms with Gasteiger partial charge in [-0.15, -0.1) is 0 Å². The predicted molar refractivity (Wildman–Crippen MR) is 72.2 cm³/mol.